The molecule has 0 heterocycles. The molecule has 0 fully saturated rings. The van der Waals surface area contributed by atoms with Crippen molar-refractivity contribution in [3.8, 4) is 23.7 Å². The van der Waals surface area contributed by atoms with Crippen molar-refractivity contribution in [1.82, 2.24) is 0 Å². The molecular weight excluding hydrogens is 422 g/mol. The molecule has 34 heavy (non-hydrogen) atoms. The zero-order valence-corrected chi connectivity index (χ0v) is 20.6. The van der Waals surface area contributed by atoms with E-state index in [1.54, 1.807) is 12.1 Å². The maximum Gasteiger partial charge on any atom is 0.139 e. The second kappa shape index (κ2) is 16.5. The average Bonchev–Trinajstić information content (AvgIpc) is 2.83. The molecule has 178 valence electrons. The number of benzene rings is 2. The highest BCUT2D eigenvalue weighted by Crippen LogP contribution is 2.14. The van der Waals surface area contributed by atoms with Crippen LogP contribution in [-0.2, 0) is 0 Å². The fourth-order valence-electron chi connectivity index (χ4n) is 3.49. The Balaban J connectivity index is 1.91. The Kier molecular flexibility index (Phi) is 13.2. The molecule has 0 N–H and O–H groups in total. The van der Waals surface area contributed by atoms with Crippen molar-refractivity contribution >= 4 is 12.2 Å². The van der Waals surface area contributed by atoms with Gasteiger partial charge in [0, 0.05) is 0 Å². The van der Waals surface area contributed by atoms with Gasteiger partial charge in [0.2, 0.25) is 0 Å². The van der Waals surface area contributed by atoms with Crippen LogP contribution in [-0.4, -0.2) is 0 Å². The molecule has 0 saturated heterocycles. The van der Waals surface area contributed by atoms with Gasteiger partial charge in [0.05, 0.1) is 11.1 Å². The summed E-state index contributed by atoms with van der Waals surface area (Å²) in [5.41, 5.74) is 2.21. The second-order valence-electron chi connectivity index (χ2n) is 8.48. The molecular formula is C32H36F2. The molecule has 2 rings (SSSR count). The molecule has 2 aromatic carbocycles. The maximum absolute atomic E-state index is 14.3. The Morgan fingerprint density at radius 3 is 1.44 bits per heavy atom. The van der Waals surface area contributed by atoms with E-state index < -0.39 is 0 Å². The first-order valence-corrected chi connectivity index (χ1v) is 12.6. The highest BCUT2D eigenvalue weighted by Gasteiger charge is 2.00. The maximum atomic E-state index is 14.3. The van der Waals surface area contributed by atoms with Gasteiger partial charge in [-0.1, -0.05) is 88.8 Å². The van der Waals surface area contributed by atoms with E-state index in [2.05, 4.69) is 49.7 Å². The standard InChI is InChI=1S/C32H36F2/c1-3-5-7-9-11-13-17-27-21-23-29(31(33)25-27)19-15-16-20-30-24-22-28(26-32(30)34)18-14-12-10-8-6-4-2/h13-14,17-18,21-26H,3-12H2,1-2H3/b17-13+,18-14+. The number of hydrogen-bond donors (Lipinski definition) is 0. The Hall–Kier alpha value is -3.10. The van der Waals surface area contributed by atoms with Gasteiger partial charge in [0.1, 0.15) is 11.6 Å². The Labute approximate surface area is 205 Å². The first-order valence-electron chi connectivity index (χ1n) is 12.6. The summed E-state index contributed by atoms with van der Waals surface area (Å²) < 4.78 is 28.6. The van der Waals surface area contributed by atoms with Crippen LogP contribution < -0.4 is 0 Å². The third-order valence-electron chi connectivity index (χ3n) is 5.51. The van der Waals surface area contributed by atoms with Crippen LogP contribution >= 0.6 is 0 Å². The highest BCUT2D eigenvalue weighted by molar-refractivity contribution is 5.54. The van der Waals surface area contributed by atoms with Crippen LogP contribution in [0.1, 0.15) is 100 Å². The van der Waals surface area contributed by atoms with Crippen LogP contribution in [0.5, 0.6) is 0 Å². The molecule has 0 amide bonds. The van der Waals surface area contributed by atoms with Gasteiger partial charge in [0.25, 0.3) is 0 Å². The number of unbranched alkanes of at least 4 members (excludes halogenated alkanes) is 8. The van der Waals surface area contributed by atoms with Crippen molar-refractivity contribution in [3.05, 3.63) is 82.4 Å². The lowest BCUT2D eigenvalue weighted by molar-refractivity contribution is 0.623. The third-order valence-corrected chi connectivity index (χ3v) is 5.51. The van der Waals surface area contributed by atoms with Crippen molar-refractivity contribution in [2.45, 2.75) is 78.1 Å². The fourth-order valence-corrected chi connectivity index (χ4v) is 3.49. The van der Waals surface area contributed by atoms with E-state index in [1.807, 2.05) is 24.3 Å². The zero-order valence-electron chi connectivity index (χ0n) is 20.6. The van der Waals surface area contributed by atoms with Crippen molar-refractivity contribution in [1.29, 1.82) is 0 Å². The highest BCUT2D eigenvalue weighted by atomic mass is 19.1. The molecule has 0 nitrogen and oxygen atoms in total. The van der Waals surface area contributed by atoms with Crippen molar-refractivity contribution in [3.63, 3.8) is 0 Å². The monoisotopic (exact) mass is 458 g/mol. The lowest BCUT2D eigenvalue weighted by atomic mass is 10.1. The van der Waals surface area contributed by atoms with E-state index in [9.17, 15) is 8.78 Å². The number of hydrogen-bond acceptors (Lipinski definition) is 0. The van der Waals surface area contributed by atoms with Gasteiger partial charge in [-0.3, -0.25) is 0 Å². The molecule has 0 spiro atoms. The minimum Gasteiger partial charge on any atom is -0.206 e. The Morgan fingerprint density at radius 2 is 1.06 bits per heavy atom. The van der Waals surface area contributed by atoms with Crippen molar-refractivity contribution in [2.24, 2.45) is 0 Å². The van der Waals surface area contributed by atoms with Crippen LogP contribution in [0.2, 0.25) is 0 Å². The largest absolute Gasteiger partial charge is 0.206 e. The quantitative estimate of drug-likeness (QED) is 0.219. The molecule has 0 aliphatic carbocycles. The second-order valence-corrected chi connectivity index (χ2v) is 8.48. The van der Waals surface area contributed by atoms with Crippen molar-refractivity contribution < 1.29 is 8.78 Å². The predicted octanol–water partition coefficient (Wildman–Crippen LogP) is 9.34. The molecule has 0 aromatic heterocycles. The summed E-state index contributed by atoms with van der Waals surface area (Å²) in [5, 5.41) is 0. The smallest absolute Gasteiger partial charge is 0.139 e. The summed E-state index contributed by atoms with van der Waals surface area (Å²) in [4.78, 5) is 0. The van der Waals surface area contributed by atoms with Gasteiger partial charge in [-0.15, -0.1) is 0 Å². The van der Waals surface area contributed by atoms with E-state index in [4.69, 9.17) is 0 Å². The SMILES string of the molecule is CCCCCC/C=C/c1ccc(C#CC#Cc2ccc(/C=C/CCCCCC)cc2F)c(F)c1. The zero-order chi connectivity index (χ0) is 24.4. The Morgan fingerprint density at radius 1 is 0.618 bits per heavy atom. The lowest BCUT2D eigenvalue weighted by Gasteiger charge is -1.98. The molecule has 2 heteroatoms. The van der Waals surface area contributed by atoms with Crippen LogP contribution in [0.15, 0.2) is 48.6 Å². The van der Waals surface area contributed by atoms with Crippen LogP contribution in [0.3, 0.4) is 0 Å². The summed E-state index contributed by atoms with van der Waals surface area (Å²) in [6.07, 6.45) is 19.8. The van der Waals surface area contributed by atoms with E-state index >= 15 is 0 Å². The summed E-state index contributed by atoms with van der Waals surface area (Å²) in [7, 11) is 0. The fraction of sp³-hybridized carbons (Fsp3) is 0.375. The van der Waals surface area contributed by atoms with Crippen molar-refractivity contribution in [2.75, 3.05) is 0 Å². The molecule has 0 saturated carbocycles. The molecule has 0 bridgehead atoms. The minimum atomic E-state index is -0.376. The molecule has 0 aliphatic heterocycles. The summed E-state index contributed by atoms with van der Waals surface area (Å²) >= 11 is 0. The van der Waals surface area contributed by atoms with Gasteiger partial charge < -0.3 is 0 Å². The molecule has 0 aliphatic rings. The first-order chi connectivity index (χ1) is 16.6. The van der Waals surface area contributed by atoms with Crippen LogP contribution in [0.25, 0.3) is 12.2 Å². The van der Waals surface area contributed by atoms with E-state index in [1.165, 1.54) is 50.7 Å². The first kappa shape index (κ1) is 27.1. The number of rotatable bonds is 12. The number of allylic oxidation sites excluding steroid dienone is 2. The van der Waals surface area contributed by atoms with Gasteiger partial charge in [0.15, 0.2) is 0 Å². The summed E-state index contributed by atoms with van der Waals surface area (Å²) in [6.45, 7) is 4.39. The summed E-state index contributed by atoms with van der Waals surface area (Å²) in [6, 6.07) is 9.97. The van der Waals surface area contributed by atoms with Gasteiger partial charge in [-0.2, -0.15) is 0 Å². The van der Waals surface area contributed by atoms with Gasteiger partial charge in [-0.05, 0) is 84.8 Å². The molecule has 0 unspecified atom stereocenters. The molecule has 2 aromatic rings. The van der Waals surface area contributed by atoms with E-state index in [0.717, 1.165) is 36.8 Å². The average molecular weight is 459 g/mol. The normalized spacial score (nSPS) is 10.8. The number of halogens is 2. The predicted molar refractivity (Wildman–Crippen MR) is 142 cm³/mol. The van der Waals surface area contributed by atoms with Gasteiger partial charge >= 0.3 is 0 Å². The molecule has 0 atom stereocenters. The lowest BCUT2D eigenvalue weighted by Crippen LogP contribution is -1.85. The van der Waals surface area contributed by atoms with Gasteiger partial charge in [-0.25, -0.2) is 8.78 Å². The Bertz CT molecular complexity index is 980. The van der Waals surface area contributed by atoms with Crippen LogP contribution in [0, 0.1) is 35.3 Å². The third kappa shape index (κ3) is 10.7. The van der Waals surface area contributed by atoms with Crippen LogP contribution in [0.4, 0.5) is 8.78 Å². The molecule has 0 radical (unpaired) electrons. The summed E-state index contributed by atoms with van der Waals surface area (Å²) in [5.74, 6) is 9.96. The van der Waals surface area contributed by atoms with E-state index in [-0.39, 0.29) is 22.8 Å². The minimum absolute atomic E-state index is 0.286. The van der Waals surface area contributed by atoms with E-state index in [0.29, 0.717) is 0 Å². The topological polar surface area (TPSA) is 0 Å².